The molecule has 0 aliphatic carbocycles. The Labute approximate surface area is 103 Å². The van der Waals surface area contributed by atoms with E-state index < -0.39 is 0 Å². The number of rotatable bonds is 2. The zero-order valence-electron chi connectivity index (χ0n) is 9.84. The van der Waals surface area contributed by atoms with Crippen molar-refractivity contribution in [3.63, 3.8) is 0 Å². The molecule has 2 heterocycles. The lowest BCUT2D eigenvalue weighted by atomic mass is 10.1. The third-order valence-electron chi connectivity index (χ3n) is 2.87. The van der Waals surface area contributed by atoms with Gasteiger partial charge in [0.05, 0.1) is 5.56 Å². The van der Waals surface area contributed by atoms with Gasteiger partial charge < -0.3 is 9.55 Å². The molecule has 0 saturated carbocycles. The van der Waals surface area contributed by atoms with E-state index in [0.29, 0.717) is 11.5 Å². The van der Waals surface area contributed by atoms with Crippen molar-refractivity contribution in [2.45, 2.75) is 0 Å². The van der Waals surface area contributed by atoms with E-state index in [1.165, 1.54) is 0 Å². The zero-order valence-corrected chi connectivity index (χ0v) is 9.84. The quantitative estimate of drug-likeness (QED) is 0.721. The van der Waals surface area contributed by atoms with E-state index in [2.05, 4.69) is 15.3 Å². The van der Waals surface area contributed by atoms with E-state index in [0.717, 1.165) is 10.9 Å². The van der Waals surface area contributed by atoms with Crippen molar-refractivity contribution in [2.75, 3.05) is 5.32 Å². The Hall–Kier alpha value is -2.56. The summed E-state index contributed by atoms with van der Waals surface area (Å²) in [6, 6.07) is 7.80. The molecule has 5 heteroatoms. The van der Waals surface area contributed by atoms with E-state index in [4.69, 9.17) is 0 Å². The number of imidazole rings is 1. The first-order valence-electron chi connectivity index (χ1n) is 5.60. The van der Waals surface area contributed by atoms with Gasteiger partial charge in [-0.2, -0.15) is 0 Å². The van der Waals surface area contributed by atoms with Crippen LogP contribution in [0.3, 0.4) is 0 Å². The number of carbonyl (C=O) groups is 1. The maximum Gasteiger partial charge on any atom is 0.260 e. The Balaban J connectivity index is 2.01. The van der Waals surface area contributed by atoms with Crippen LogP contribution in [0.5, 0.6) is 0 Å². The first-order chi connectivity index (χ1) is 8.75. The van der Waals surface area contributed by atoms with Gasteiger partial charge in [-0.1, -0.05) is 18.2 Å². The van der Waals surface area contributed by atoms with Crippen LogP contribution >= 0.6 is 0 Å². The Morgan fingerprint density at radius 3 is 3.00 bits per heavy atom. The highest BCUT2D eigenvalue weighted by atomic mass is 16.1. The van der Waals surface area contributed by atoms with Gasteiger partial charge in [-0.15, -0.1) is 0 Å². The highest BCUT2D eigenvalue weighted by molar-refractivity contribution is 6.12. The first kappa shape index (κ1) is 10.6. The van der Waals surface area contributed by atoms with Gasteiger partial charge in [-0.25, -0.2) is 4.98 Å². The molecular weight excluding hydrogens is 228 g/mol. The minimum absolute atomic E-state index is 0.165. The highest BCUT2D eigenvalue weighted by Gasteiger charge is 2.14. The summed E-state index contributed by atoms with van der Waals surface area (Å²) >= 11 is 0. The lowest BCUT2D eigenvalue weighted by Crippen LogP contribution is -2.12. The SMILES string of the molecule is Cn1cc(C(=O)Nc2ncc[nH]2)c2ccccc21. The lowest BCUT2D eigenvalue weighted by Gasteiger charge is -1.99. The molecule has 2 N–H and O–H groups in total. The third-order valence-corrected chi connectivity index (χ3v) is 2.87. The van der Waals surface area contributed by atoms with Crippen molar-refractivity contribution in [1.82, 2.24) is 14.5 Å². The van der Waals surface area contributed by atoms with Crippen molar-refractivity contribution < 1.29 is 4.79 Å². The fourth-order valence-corrected chi connectivity index (χ4v) is 2.03. The number of benzene rings is 1. The van der Waals surface area contributed by atoms with Gasteiger partial charge in [0.25, 0.3) is 5.91 Å². The summed E-state index contributed by atoms with van der Waals surface area (Å²) in [6.45, 7) is 0. The largest absolute Gasteiger partial charge is 0.350 e. The predicted molar refractivity (Wildman–Crippen MR) is 69.5 cm³/mol. The fraction of sp³-hybridized carbons (Fsp3) is 0.0769. The number of nitrogens with zero attached hydrogens (tertiary/aromatic N) is 2. The summed E-state index contributed by atoms with van der Waals surface area (Å²) < 4.78 is 1.94. The van der Waals surface area contributed by atoms with E-state index in [1.807, 2.05) is 42.1 Å². The van der Waals surface area contributed by atoms with Gasteiger partial charge in [-0.3, -0.25) is 10.1 Å². The molecule has 0 unspecified atom stereocenters. The molecule has 0 aliphatic heterocycles. The molecule has 0 fully saturated rings. The van der Waals surface area contributed by atoms with Crippen LogP contribution in [0.4, 0.5) is 5.95 Å². The number of hydrogen-bond acceptors (Lipinski definition) is 2. The molecule has 3 aromatic rings. The number of para-hydroxylation sites is 1. The Morgan fingerprint density at radius 2 is 2.22 bits per heavy atom. The standard InChI is InChI=1S/C13H12N4O/c1-17-8-10(9-4-2-3-5-11(9)17)12(18)16-13-14-6-7-15-13/h2-8H,1H3,(H2,14,15,16,18). The van der Waals surface area contributed by atoms with Gasteiger partial charge in [0.1, 0.15) is 0 Å². The van der Waals surface area contributed by atoms with Crippen LogP contribution in [0.2, 0.25) is 0 Å². The van der Waals surface area contributed by atoms with Crippen LogP contribution in [-0.4, -0.2) is 20.4 Å². The molecule has 0 atom stereocenters. The van der Waals surface area contributed by atoms with E-state index in [9.17, 15) is 4.79 Å². The average Bonchev–Trinajstić information content (AvgIpc) is 2.98. The van der Waals surface area contributed by atoms with E-state index in [-0.39, 0.29) is 5.91 Å². The van der Waals surface area contributed by atoms with E-state index in [1.54, 1.807) is 12.4 Å². The summed E-state index contributed by atoms with van der Waals surface area (Å²) in [5.74, 6) is 0.287. The van der Waals surface area contributed by atoms with Crippen molar-refractivity contribution in [3.05, 3.63) is 48.4 Å². The summed E-state index contributed by atoms with van der Waals surface area (Å²) in [5, 5.41) is 3.66. The topological polar surface area (TPSA) is 62.7 Å². The number of aromatic nitrogens is 3. The van der Waals surface area contributed by atoms with Gasteiger partial charge in [-0.05, 0) is 6.07 Å². The number of aromatic amines is 1. The number of aryl methyl sites for hydroxylation is 1. The van der Waals surface area contributed by atoms with Crippen LogP contribution in [-0.2, 0) is 7.05 Å². The molecule has 1 amide bonds. The van der Waals surface area contributed by atoms with Crippen molar-refractivity contribution in [3.8, 4) is 0 Å². The number of fused-ring (bicyclic) bond motifs is 1. The monoisotopic (exact) mass is 240 g/mol. The molecule has 0 spiro atoms. The molecule has 18 heavy (non-hydrogen) atoms. The molecule has 3 rings (SSSR count). The number of nitrogens with one attached hydrogen (secondary N) is 2. The predicted octanol–water partition coefficient (Wildman–Crippen LogP) is 2.15. The molecule has 5 nitrogen and oxygen atoms in total. The van der Waals surface area contributed by atoms with E-state index >= 15 is 0 Å². The normalized spacial score (nSPS) is 10.7. The molecular formula is C13H12N4O. The average molecular weight is 240 g/mol. The minimum Gasteiger partial charge on any atom is -0.350 e. The van der Waals surface area contributed by atoms with Crippen LogP contribution in [0.1, 0.15) is 10.4 Å². The number of amides is 1. The number of hydrogen-bond donors (Lipinski definition) is 2. The minimum atomic E-state index is -0.165. The second-order valence-corrected chi connectivity index (χ2v) is 4.06. The van der Waals surface area contributed by atoms with Gasteiger partial charge in [0.2, 0.25) is 5.95 Å². The second-order valence-electron chi connectivity index (χ2n) is 4.06. The Morgan fingerprint density at radius 1 is 1.39 bits per heavy atom. The summed E-state index contributed by atoms with van der Waals surface area (Å²) in [7, 11) is 1.92. The summed E-state index contributed by atoms with van der Waals surface area (Å²) in [4.78, 5) is 19.0. The number of H-pyrrole nitrogens is 1. The summed E-state index contributed by atoms with van der Waals surface area (Å²) in [6.07, 6.45) is 5.08. The molecule has 2 aromatic heterocycles. The van der Waals surface area contributed by atoms with Crippen molar-refractivity contribution in [1.29, 1.82) is 0 Å². The Kier molecular flexibility index (Phi) is 2.37. The number of anilines is 1. The molecule has 0 radical (unpaired) electrons. The molecule has 0 bridgehead atoms. The van der Waals surface area contributed by atoms with Crippen molar-refractivity contribution in [2.24, 2.45) is 7.05 Å². The smallest absolute Gasteiger partial charge is 0.260 e. The van der Waals surface area contributed by atoms with Gasteiger partial charge in [0, 0.05) is 36.5 Å². The van der Waals surface area contributed by atoms with Crippen LogP contribution in [0, 0.1) is 0 Å². The third kappa shape index (κ3) is 1.66. The molecule has 1 aromatic carbocycles. The first-order valence-corrected chi connectivity index (χ1v) is 5.60. The maximum atomic E-state index is 12.2. The molecule has 0 aliphatic rings. The zero-order chi connectivity index (χ0) is 12.5. The second kappa shape index (κ2) is 4.03. The molecule has 90 valence electrons. The van der Waals surface area contributed by atoms with Gasteiger partial charge in [0.15, 0.2) is 0 Å². The van der Waals surface area contributed by atoms with Crippen molar-refractivity contribution >= 4 is 22.8 Å². The van der Waals surface area contributed by atoms with Crippen LogP contribution in [0.25, 0.3) is 10.9 Å². The maximum absolute atomic E-state index is 12.2. The van der Waals surface area contributed by atoms with Gasteiger partial charge >= 0.3 is 0 Å². The number of carbonyl (C=O) groups excluding carboxylic acids is 1. The molecule has 0 saturated heterocycles. The Bertz CT molecular complexity index is 697. The highest BCUT2D eigenvalue weighted by Crippen LogP contribution is 2.20. The lowest BCUT2D eigenvalue weighted by molar-refractivity contribution is 0.102. The van der Waals surface area contributed by atoms with Crippen LogP contribution < -0.4 is 5.32 Å². The van der Waals surface area contributed by atoms with Crippen LogP contribution in [0.15, 0.2) is 42.9 Å². The fourth-order valence-electron chi connectivity index (χ4n) is 2.03. The summed E-state index contributed by atoms with van der Waals surface area (Å²) in [5.41, 5.74) is 1.67.